The molecule has 56 valence electrons. The number of hydrogen-bond acceptors (Lipinski definition) is 0. The maximum absolute atomic E-state index is 3.95. The molecule has 2 atom stereocenters. The molecule has 0 radical (unpaired) electrons. The summed E-state index contributed by atoms with van der Waals surface area (Å²) in [7, 11) is 0. The maximum atomic E-state index is 3.95. The van der Waals surface area contributed by atoms with Gasteiger partial charge < -0.3 is 0 Å². The molecule has 0 bridgehead atoms. The summed E-state index contributed by atoms with van der Waals surface area (Å²) in [5.74, 6) is 1.45. The Hall–Kier alpha value is -0.520. The summed E-state index contributed by atoms with van der Waals surface area (Å²) in [5, 5.41) is 0. The van der Waals surface area contributed by atoms with Crippen LogP contribution in [0, 0.1) is 11.8 Å². The Morgan fingerprint density at radius 3 is 2.50 bits per heavy atom. The minimum absolute atomic E-state index is 0.663. The summed E-state index contributed by atoms with van der Waals surface area (Å²) >= 11 is 0. The van der Waals surface area contributed by atoms with E-state index in [0.29, 0.717) is 5.92 Å². The molecule has 0 aromatic carbocycles. The molecule has 1 unspecified atom stereocenters. The highest BCUT2D eigenvalue weighted by Gasteiger charge is 2.11. The van der Waals surface area contributed by atoms with Gasteiger partial charge in [-0.3, -0.25) is 0 Å². The zero-order valence-corrected chi connectivity index (χ0v) is 6.93. The largest absolute Gasteiger partial charge is 0.0995 e. The fraction of sp³-hybridized carbons (Fsp3) is 0.600. The molecule has 0 saturated heterocycles. The Morgan fingerprint density at radius 2 is 2.10 bits per heavy atom. The summed E-state index contributed by atoms with van der Waals surface area (Å²) in [6, 6.07) is 0. The van der Waals surface area contributed by atoms with Crippen LogP contribution in [-0.4, -0.2) is 0 Å². The highest BCUT2D eigenvalue weighted by molar-refractivity contribution is 5.10. The van der Waals surface area contributed by atoms with Gasteiger partial charge in [-0.1, -0.05) is 31.2 Å². The fourth-order valence-corrected chi connectivity index (χ4v) is 1.37. The van der Waals surface area contributed by atoms with E-state index in [2.05, 4.69) is 32.6 Å². The van der Waals surface area contributed by atoms with Crippen molar-refractivity contribution in [1.29, 1.82) is 0 Å². The standard InChI is InChI=1S/C10H16/c1-8(2)10-6-4-9(3)5-7-10/h4,6,9-10H,1,5,7H2,2-3H3/t9?,10-/m1/s1. The molecule has 0 nitrogen and oxygen atoms in total. The Bertz CT molecular complexity index is 153. The Morgan fingerprint density at radius 1 is 1.40 bits per heavy atom. The molecule has 0 aromatic rings. The summed E-state index contributed by atoms with van der Waals surface area (Å²) in [4.78, 5) is 0. The first-order valence-corrected chi connectivity index (χ1v) is 4.04. The molecule has 10 heavy (non-hydrogen) atoms. The van der Waals surface area contributed by atoms with Gasteiger partial charge in [0.2, 0.25) is 0 Å². The normalized spacial score (nSPS) is 32.2. The van der Waals surface area contributed by atoms with Gasteiger partial charge in [-0.2, -0.15) is 0 Å². The predicted octanol–water partition coefficient (Wildman–Crippen LogP) is 3.16. The Kier molecular flexibility index (Phi) is 2.31. The molecular formula is C10H16. The van der Waals surface area contributed by atoms with Crippen molar-refractivity contribution in [2.75, 3.05) is 0 Å². The summed E-state index contributed by atoms with van der Waals surface area (Å²) in [5.41, 5.74) is 1.31. The molecule has 0 aromatic heterocycles. The van der Waals surface area contributed by atoms with E-state index >= 15 is 0 Å². The van der Waals surface area contributed by atoms with E-state index < -0.39 is 0 Å². The quantitative estimate of drug-likeness (QED) is 0.486. The van der Waals surface area contributed by atoms with Crippen LogP contribution in [0.4, 0.5) is 0 Å². The molecule has 0 heteroatoms. The van der Waals surface area contributed by atoms with Gasteiger partial charge in [-0.05, 0) is 31.6 Å². The van der Waals surface area contributed by atoms with Crippen LogP contribution >= 0.6 is 0 Å². The van der Waals surface area contributed by atoms with Crippen molar-refractivity contribution in [1.82, 2.24) is 0 Å². The fourth-order valence-electron chi connectivity index (χ4n) is 1.37. The summed E-state index contributed by atoms with van der Waals surface area (Å²) < 4.78 is 0. The maximum Gasteiger partial charge on any atom is -0.00284 e. The van der Waals surface area contributed by atoms with Crippen molar-refractivity contribution in [2.45, 2.75) is 26.7 Å². The topological polar surface area (TPSA) is 0 Å². The highest BCUT2D eigenvalue weighted by atomic mass is 14.2. The highest BCUT2D eigenvalue weighted by Crippen LogP contribution is 2.25. The monoisotopic (exact) mass is 136 g/mol. The third-order valence-electron chi connectivity index (χ3n) is 2.24. The van der Waals surface area contributed by atoms with Gasteiger partial charge in [-0.15, -0.1) is 0 Å². The van der Waals surface area contributed by atoms with Gasteiger partial charge in [-0.25, -0.2) is 0 Å². The second kappa shape index (κ2) is 3.05. The van der Waals surface area contributed by atoms with Crippen molar-refractivity contribution in [3.8, 4) is 0 Å². The van der Waals surface area contributed by atoms with Crippen LogP contribution in [0.5, 0.6) is 0 Å². The van der Waals surface area contributed by atoms with Crippen molar-refractivity contribution >= 4 is 0 Å². The lowest BCUT2D eigenvalue weighted by atomic mass is 9.86. The van der Waals surface area contributed by atoms with Gasteiger partial charge in [0, 0.05) is 0 Å². The van der Waals surface area contributed by atoms with E-state index in [1.807, 2.05) is 0 Å². The smallest absolute Gasteiger partial charge is 0.00284 e. The molecular weight excluding hydrogens is 120 g/mol. The van der Waals surface area contributed by atoms with Crippen LogP contribution in [0.2, 0.25) is 0 Å². The van der Waals surface area contributed by atoms with Crippen molar-refractivity contribution < 1.29 is 0 Å². The van der Waals surface area contributed by atoms with E-state index in [1.165, 1.54) is 18.4 Å². The van der Waals surface area contributed by atoms with E-state index in [-0.39, 0.29) is 0 Å². The number of allylic oxidation sites excluding steroid dienone is 3. The van der Waals surface area contributed by atoms with Crippen LogP contribution in [0.25, 0.3) is 0 Å². The van der Waals surface area contributed by atoms with Gasteiger partial charge in [0.25, 0.3) is 0 Å². The first kappa shape index (κ1) is 7.59. The second-order valence-electron chi connectivity index (χ2n) is 3.39. The lowest BCUT2D eigenvalue weighted by Crippen LogP contribution is -2.06. The van der Waals surface area contributed by atoms with Crippen LogP contribution in [0.1, 0.15) is 26.7 Å². The van der Waals surface area contributed by atoms with Crippen LogP contribution < -0.4 is 0 Å². The van der Waals surface area contributed by atoms with Gasteiger partial charge in [0.1, 0.15) is 0 Å². The summed E-state index contributed by atoms with van der Waals surface area (Å²) in [6.07, 6.45) is 7.24. The minimum atomic E-state index is 0.663. The zero-order chi connectivity index (χ0) is 7.56. The Balaban J connectivity index is 2.53. The lowest BCUT2D eigenvalue weighted by Gasteiger charge is -2.19. The van der Waals surface area contributed by atoms with Crippen molar-refractivity contribution in [3.63, 3.8) is 0 Å². The first-order valence-electron chi connectivity index (χ1n) is 4.04. The van der Waals surface area contributed by atoms with E-state index in [9.17, 15) is 0 Å². The zero-order valence-electron chi connectivity index (χ0n) is 6.93. The number of hydrogen-bond donors (Lipinski definition) is 0. The summed E-state index contributed by atoms with van der Waals surface area (Å²) in [6.45, 7) is 8.34. The predicted molar refractivity (Wildman–Crippen MR) is 45.8 cm³/mol. The molecule has 1 aliphatic carbocycles. The van der Waals surface area contributed by atoms with E-state index in [4.69, 9.17) is 0 Å². The average molecular weight is 136 g/mol. The van der Waals surface area contributed by atoms with Crippen molar-refractivity contribution in [2.24, 2.45) is 11.8 Å². The van der Waals surface area contributed by atoms with Gasteiger partial charge in [0.15, 0.2) is 0 Å². The molecule has 0 spiro atoms. The second-order valence-corrected chi connectivity index (χ2v) is 3.39. The van der Waals surface area contributed by atoms with Gasteiger partial charge in [0.05, 0.1) is 0 Å². The molecule has 0 fully saturated rings. The molecule has 0 saturated carbocycles. The SMILES string of the molecule is C=C(C)[C@@H]1C=CC(C)CC1. The third-order valence-corrected chi connectivity index (χ3v) is 2.24. The van der Waals surface area contributed by atoms with Crippen LogP contribution in [0.15, 0.2) is 24.3 Å². The molecule has 0 amide bonds. The molecule has 0 heterocycles. The van der Waals surface area contributed by atoms with Crippen molar-refractivity contribution in [3.05, 3.63) is 24.3 Å². The molecule has 1 rings (SSSR count). The molecule has 1 aliphatic rings. The van der Waals surface area contributed by atoms with Gasteiger partial charge >= 0.3 is 0 Å². The van der Waals surface area contributed by atoms with E-state index in [0.717, 1.165) is 5.92 Å². The molecule has 0 N–H and O–H groups in total. The average Bonchev–Trinajstić information content (AvgIpc) is 1.88. The van der Waals surface area contributed by atoms with E-state index in [1.54, 1.807) is 0 Å². The minimum Gasteiger partial charge on any atom is -0.0995 e. The van der Waals surface area contributed by atoms with Crippen LogP contribution in [-0.2, 0) is 0 Å². The Labute approximate surface area is 63.6 Å². The van der Waals surface area contributed by atoms with Crippen LogP contribution in [0.3, 0.4) is 0 Å². The lowest BCUT2D eigenvalue weighted by molar-refractivity contribution is 0.517. The number of rotatable bonds is 1. The third kappa shape index (κ3) is 1.73. The molecule has 0 aliphatic heterocycles. The first-order chi connectivity index (χ1) is 4.70.